The quantitative estimate of drug-likeness (QED) is 0.125. The summed E-state index contributed by atoms with van der Waals surface area (Å²) in [4.78, 5) is 14.1. The van der Waals surface area contributed by atoms with Crippen LogP contribution in [0.3, 0.4) is 0 Å². The Morgan fingerprint density at radius 2 is 1.65 bits per heavy atom. The molecular weight excluding hydrogens is 531 g/mol. The van der Waals surface area contributed by atoms with E-state index in [0.29, 0.717) is 18.4 Å². The van der Waals surface area contributed by atoms with Crippen molar-refractivity contribution in [3.63, 3.8) is 0 Å². The standard InChI is InChI=1S/C22H28N2O4S.C9H11FO/c1-29-23-12-2-3-16-4-10-19(11-5-16)24-20(13-21(24)27)17-6-8-18(9-7-17)22(28,14-25)15-26;1-2-9(11)7-3-5-8(10)6-4-7/h4-11,20,23,25-26,28H,2-3,12-15H2,1H3;3-6,9,11H,2H2,1H3/t;9-/m.0/s1. The summed E-state index contributed by atoms with van der Waals surface area (Å²) >= 11 is 1.62. The van der Waals surface area contributed by atoms with Crippen molar-refractivity contribution in [2.24, 2.45) is 0 Å². The number of amides is 1. The molecule has 5 N–H and O–H groups in total. The van der Waals surface area contributed by atoms with Gasteiger partial charge in [0.1, 0.15) is 11.4 Å². The van der Waals surface area contributed by atoms with Gasteiger partial charge in [-0.1, -0.05) is 67.4 Å². The summed E-state index contributed by atoms with van der Waals surface area (Å²) in [6.07, 6.45) is 4.70. The van der Waals surface area contributed by atoms with Crippen LogP contribution < -0.4 is 9.62 Å². The number of benzene rings is 3. The van der Waals surface area contributed by atoms with E-state index in [1.165, 1.54) is 17.7 Å². The van der Waals surface area contributed by atoms with Gasteiger partial charge < -0.3 is 25.3 Å². The van der Waals surface area contributed by atoms with E-state index < -0.39 is 24.9 Å². The lowest BCUT2D eigenvalue weighted by Crippen LogP contribution is -2.46. The highest BCUT2D eigenvalue weighted by atomic mass is 32.2. The number of carbonyl (C=O) groups excluding carboxylic acids is 1. The van der Waals surface area contributed by atoms with E-state index in [1.807, 2.05) is 37.4 Å². The highest BCUT2D eigenvalue weighted by molar-refractivity contribution is 7.96. The second kappa shape index (κ2) is 15.3. The molecule has 216 valence electrons. The van der Waals surface area contributed by atoms with Crippen LogP contribution in [-0.4, -0.2) is 52.3 Å². The molecule has 1 aliphatic rings. The van der Waals surface area contributed by atoms with E-state index in [1.54, 1.807) is 41.1 Å². The van der Waals surface area contributed by atoms with Crippen molar-refractivity contribution in [2.75, 3.05) is 30.9 Å². The second-order valence-electron chi connectivity index (χ2n) is 9.80. The SMILES string of the molecule is CC[C@H](O)c1ccc(F)cc1.CSNCCCc1ccc(N2C(=O)CC2c2ccc(C(O)(CO)CO)cc2)cc1. The maximum Gasteiger partial charge on any atom is 0.230 e. The average Bonchev–Trinajstić information content (AvgIpc) is 2.99. The van der Waals surface area contributed by atoms with Crippen molar-refractivity contribution in [3.8, 4) is 0 Å². The molecule has 0 bridgehead atoms. The Kier molecular flexibility index (Phi) is 12.1. The smallest absolute Gasteiger partial charge is 0.230 e. The summed E-state index contributed by atoms with van der Waals surface area (Å²) in [6.45, 7) is 1.73. The first-order valence-corrected chi connectivity index (χ1v) is 14.6. The van der Waals surface area contributed by atoms with Gasteiger partial charge in [0.2, 0.25) is 5.91 Å². The average molecular weight is 571 g/mol. The number of halogens is 1. The number of aliphatic hydroxyl groups is 4. The zero-order chi connectivity index (χ0) is 29.1. The van der Waals surface area contributed by atoms with Gasteiger partial charge in [-0.25, -0.2) is 4.39 Å². The first-order valence-electron chi connectivity index (χ1n) is 13.4. The maximum absolute atomic E-state index is 12.4. The molecule has 1 saturated heterocycles. The zero-order valence-corrected chi connectivity index (χ0v) is 23.8. The maximum atomic E-state index is 12.4. The lowest BCUT2D eigenvalue weighted by Gasteiger charge is -2.41. The molecule has 4 rings (SSSR count). The minimum atomic E-state index is -1.66. The molecule has 1 fully saturated rings. The van der Waals surface area contributed by atoms with Gasteiger partial charge in [-0.2, -0.15) is 0 Å². The number of hydrogen-bond acceptors (Lipinski definition) is 7. The highest BCUT2D eigenvalue weighted by Gasteiger charge is 2.38. The first kappa shape index (κ1) is 31.7. The lowest BCUT2D eigenvalue weighted by atomic mass is 9.89. The van der Waals surface area contributed by atoms with Crippen LogP contribution in [0.1, 0.15) is 60.6 Å². The van der Waals surface area contributed by atoms with E-state index in [-0.39, 0.29) is 17.8 Å². The van der Waals surface area contributed by atoms with Crippen LogP contribution in [-0.2, 0) is 16.8 Å². The Balaban J connectivity index is 0.000000336. The van der Waals surface area contributed by atoms with Gasteiger partial charge in [-0.15, -0.1) is 0 Å². The molecule has 9 heteroatoms. The van der Waals surface area contributed by atoms with E-state index >= 15 is 0 Å². The van der Waals surface area contributed by atoms with Gasteiger partial charge in [0.15, 0.2) is 0 Å². The summed E-state index contributed by atoms with van der Waals surface area (Å²) in [6, 6.07) is 21.0. The van der Waals surface area contributed by atoms with Crippen molar-refractivity contribution in [1.82, 2.24) is 4.72 Å². The Morgan fingerprint density at radius 3 is 2.17 bits per heavy atom. The Bertz CT molecular complexity index is 1190. The number of rotatable bonds is 12. The molecule has 0 radical (unpaired) electrons. The second-order valence-corrected chi connectivity index (χ2v) is 10.5. The monoisotopic (exact) mass is 570 g/mol. The third-order valence-corrected chi connectivity index (χ3v) is 7.54. The fourth-order valence-corrected chi connectivity index (χ4v) is 4.81. The molecule has 1 amide bonds. The van der Waals surface area contributed by atoms with Gasteiger partial charge in [-0.3, -0.25) is 9.52 Å². The van der Waals surface area contributed by atoms with Crippen LogP contribution in [0.4, 0.5) is 10.1 Å². The van der Waals surface area contributed by atoms with Crippen LogP contribution in [0.2, 0.25) is 0 Å². The number of aliphatic hydroxyl groups excluding tert-OH is 3. The van der Waals surface area contributed by atoms with Gasteiger partial charge in [0.25, 0.3) is 0 Å². The summed E-state index contributed by atoms with van der Waals surface area (Å²) in [5.74, 6) is -0.185. The minimum Gasteiger partial charge on any atom is -0.393 e. The van der Waals surface area contributed by atoms with Gasteiger partial charge in [0.05, 0.1) is 31.8 Å². The molecule has 40 heavy (non-hydrogen) atoms. The summed E-state index contributed by atoms with van der Waals surface area (Å²) in [5, 5.41) is 38.2. The van der Waals surface area contributed by atoms with E-state index in [4.69, 9.17) is 0 Å². The van der Waals surface area contributed by atoms with Crippen molar-refractivity contribution in [2.45, 2.75) is 50.4 Å². The molecule has 0 aliphatic carbocycles. The van der Waals surface area contributed by atoms with Crippen molar-refractivity contribution >= 4 is 23.5 Å². The molecule has 3 aromatic carbocycles. The minimum absolute atomic E-state index is 0.0514. The molecule has 0 saturated carbocycles. The molecule has 0 aromatic heterocycles. The summed E-state index contributed by atoms with van der Waals surface area (Å²) in [7, 11) is 0. The topological polar surface area (TPSA) is 113 Å². The highest BCUT2D eigenvalue weighted by Crippen LogP contribution is 2.39. The fourth-order valence-electron chi connectivity index (χ4n) is 4.47. The third kappa shape index (κ3) is 8.13. The van der Waals surface area contributed by atoms with Crippen LogP contribution in [0, 0.1) is 5.82 Å². The molecule has 1 heterocycles. The molecule has 0 spiro atoms. The van der Waals surface area contributed by atoms with E-state index in [0.717, 1.165) is 36.2 Å². The Morgan fingerprint density at radius 1 is 1.02 bits per heavy atom. The van der Waals surface area contributed by atoms with Crippen LogP contribution >= 0.6 is 11.9 Å². The Hall–Kier alpha value is -2.79. The van der Waals surface area contributed by atoms with Crippen LogP contribution in [0.25, 0.3) is 0 Å². The van der Waals surface area contributed by atoms with Gasteiger partial charge in [0, 0.05) is 12.2 Å². The number of anilines is 1. The molecule has 1 unspecified atom stereocenters. The number of nitrogens with one attached hydrogen (secondary N) is 1. The number of β-lactam (4-membered cyclic amide) rings is 1. The largest absolute Gasteiger partial charge is 0.393 e. The summed E-state index contributed by atoms with van der Waals surface area (Å²) < 4.78 is 15.6. The molecule has 3 aromatic rings. The molecule has 7 nitrogen and oxygen atoms in total. The van der Waals surface area contributed by atoms with E-state index in [2.05, 4.69) is 16.9 Å². The zero-order valence-electron chi connectivity index (χ0n) is 23.0. The molecular formula is C31H39FN2O5S. The number of nitrogens with zero attached hydrogens (tertiary/aromatic N) is 1. The fraction of sp³-hybridized carbons (Fsp3) is 0.387. The predicted molar refractivity (Wildman–Crippen MR) is 157 cm³/mol. The normalized spacial score (nSPS) is 15.7. The number of carbonyl (C=O) groups is 1. The predicted octanol–water partition coefficient (Wildman–Crippen LogP) is 4.41. The van der Waals surface area contributed by atoms with Crippen molar-refractivity contribution < 1.29 is 29.6 Å². The number of aryl methyl sites for hydroxylation is 1. The Labute approximate surface area is 239 Å². The van der Waals surface area contributed by atoms with E-state index in [9.17, 15) is 29.6 Å². The van der Waals surface area contributed by atoms with Crippen LogP contribution in [0.5, 0.6) is 0 Å². The first-order chi connectivity index (χ1) is 19.3. The molecule has 2 atom stereocenters. The van der Waals surface area contributed by atoms with Crippen molar-refractivity contribution in [3.05, 3.63) is 101 Å². The summed E-state index contributed by atoms with van der Waals surface area (Å²) in [5.41, 5.74) is 2.65. The third-order valence-electron chi connectivity index (χ3n) is 7.05. The van der Waals surface area contributed by atoms with Crippen molar-refractivity contribution in [1.29, 1.82) is 0 Å². The van der Waals surface area contributed by atoms with Crippen LogP contribution in [0.15, 0.2) is 72.8 Å². The number of hydrogen-bond donors (Lipinski definition) is 5. The van der Waals surface area contributed by atoms with Gasteiger partial charge >= 0.3 is 0 Å². The van der Waals surface area contributed by atoms with Gasteiger partial charge in [-0.05, 0) is 72.0 Å². The lowest BCUT2D eigenvalue weighted by molar-refractivity contribution is -0.124. The molecule has 1 aliphatic heterocycles.